The first kappa shape index (κ1) is 34.3. The minimum absolute atomic E-state index is 0.127. The molecule has 0 unspecified atom stereocenters. The number of anilines is 1. The number of nitrogens with one attached hydrogen (secondary N) is 1. The number of carbonyl (C=O) groups excluding carboxylic acids is 1. The third-order valence-corrected chi connectivity index (χ3v) is 8.11. The Labute approximate surface area is 254 Å². The van der Waals surface area contributed by atoms with E-state index in [1.54, 1.807) is 48.2 Å². The van der Waals surface area contributed by atoms with Crippen LogP contribution < -0.4 is 9.46 Å². The van der Waals surface area contributed by atoms with Crippen LogP contribution in [0.2, 0.25) is 0 Å². The van der Waals surface area contributed by atoms with Crippen molar-refractivity contribution in [1.29, 1.82) is 0 Å². The van der Waals surface area contributed by atoms with Gasteiger partial charge in [-0.3, -0.25) is 14.4 Å². The van der Waals surface area contributed by atoms with E-state index in [2.05, 4.69) is 9.62 Å². The number of aliphatic hydroxyl groups is 1. The molecule has 3 N–H and O–H groups in total. The van der Waals surface area contributed by atoms with Gasteiger partial charge >= 0.3 is 5.97 Å². The highest BCUT2D eigenvalue weighted by atomic mass is 32.2. The van der Waals surface area contributed by atoms with Crippen LogP contribution in [0.3, 0.4) is 0 Å². The maximum Gasteiger partial charge on any atom is 0.335 e. The topological polar surface area (TPSA) is 146 Å². The summed E-state index contributed by atoms with van der Waals surface area (Å²) in [5, 5.41) is 19.3. The summed E-state index contributed by atoms with van der Waals surface area (Å²) in [6, 6.07) is 10.9. The number of amides is 1. The number of carboxylic acids is 1. The van der Waals surface area contributed by atoms with Gasteiger partial charge in [-0.15, -0.1) is 0 Å². The molecule has 3 rings (SSSR count). The van der Waals surface area contributed by atoms with E-state index in [0.717, 1.165) is 31.1 Å². The fourth-order valence-electron chi connectivity index (χ4n) is 5.10. The molecule has 0 saturated carbocycles. The van der Waals surface area contributed by atoms with Gasteiger partial charge in [0, 0.05) is 37.8 Å². The first-order valence-corrected chi connectivity index (χ1v) is 16.5. The molecule has 1 aliphatic rings. The van der Waals surface area contributed by atoms with Gasteiger partial charge in [0.2, 0.25) is 10.0 Å². The van der Waals surface area contributed by atoms with Crippen molar-refractivity contribution in [2.75, 3.05) is 44.3 Å². The lowest BCUT2D eigenvalue weighted by atomic mass is 10.0. The number of hydrogen-bond acceptors (Lipinski definition) is 8. The third-order valence-electron chi connectivity index (χ3n) is 7.50. The Morgan fingerprint density at radius 3 is 2.49 bits per heavy atom. The minimum Gasteiger partial charge on any atom is -0.490 e. The van der Waals surface area contributed by atoms with Crippen molar-refractivity contribution in [3.63, 3.8) is 0 Å². The van der Waals surface area contributed by atoms with Gasteiger partial charge in [0.15, 0.2) is 0 Å². The molecule has 43 heavy (non-hydrogen) atoms. The Balaban J connectivity index is 1.89. The second kappa shape index (κ2) is 15.5. The lowest BCUT2D eigenvalue weighted by Gasteiger charge is -2.36. The molecule has 12 heteroatoms. The highest BCUT2D eigenvalue weighted by Crippen LogP contribution is 2.29. The predicted octanol–water partition coefficient (Wildman–Crippen LogP) is 3.68. The first-order chi connectivity index (χ1) is 20.3. The molecule has 2 aromatic carbocycles. The largest absolute Gasteiger partial charge is 0.490 e. The van der Waals surface area contributed by atoms with Crippen LogP contribution in [0.1, 0.15) is 66.3 Å². The number of benzene rings is 2. The number of likely N-dealkylation sites (N-methyl/N-ethyl adjacent to an activating group) is 1. The lowest BCUT2D eigenvalue weighted by molar-refractivity contribution is -0.0177. The van der Waals surface area contributed by atoms with E-state index in [1.165, 1.54) is 6.07 Å². The van der Waals surface area contributed by atoms with Crippen molar-refractivity contribution in [1.82, 2.24) is 9.80 Å². The molecule has 0 aliphatic carbocycles. The van der Waals surface area contributed by atoms with Gasteiger partial charge in [-0.05, 0) is 76.1 Å². The molecule has 2 aromatic rings. The van der Waals surface area contributed by atoms with Crippen molar-refractivity contribution in [3.05, 3.63) is 59.2 Å². The van der Waals surface area contributed by atoms with Crippen LogP contribution in [0.4, 0.5) is 5.69 Å². The Morgan fingerprint density at radius 2 is 1.86 bits per heavy atom. The van der Waals surface area contributed by atoms with Gasteiger partial charge < -0.3 is 24.6 Å². The number of ether oxygens (including phenoxy) is 2. The van der Waals surface area contributed by atoms with E-state index in [9.17, 15) is 28.2 Å². The molecule has 1 amide bonds. The number of rotatable bonds is 9. The lowest BCUT2D eigenvalue weighted by Crippen LogP contribution is -2.47. The molecule has 238 valence electrons. The zero-order valence-corrected chi connectivity index (χ0v) is 26.5. The third kappa shape index (κ3) is 10.5. The van der Waals surface area contributed by atoms with Crippen molar-refractivity contribution in [2.24, 2.45) is 5.92 Å². The van der Waals surface area contributed by atoms with Gasteiger partial charge in [-0.25, -0.2) is 13.2 Å². The SMILES string of the molecule is C[C@@H]1CCCCO[C@H](CN(C)Cc2ccc(C(=O)O)cc2)[C@@H](C)CN([C@@H](C)CO)C(=O)c2cc(NS(C)(=O)=O)ccc2O1. The minimum atomic E-state index is -3.57. The van der Waals surface area contributed by atoms with Gasteiger partial charge in [-0.2, -0.15) is 0 Å². The summed E-state index contributed by atoms with van der Waals surface area (Å²) >= 11 is 0. The van der Waals surface area contributed by atoms with Crippen LogP contribution in [0, 0.1) is 5.92 Å². The summed E-state index contributed by atoms with van der Waals surface area (Å²) in [4.78, 5) is 29.0. The fraction of sp³-hybridized carbons (Fsp3) is 0.548. The molecular weight excluding hydrogens is 574 g/mol. The van der Waals surface area contributed by atoms with Crippen LogP contribution in [-0.4, -0.2) is 98.2 Å². The average Bonchev–Trinajstić information content (AvgIpc) is 2.94. The quantitative estimate of drug-likeness (QED) is 0.383. The average molecular weight is 620 g/mol. The zero-order valence-electron chi connectivity index (χ0n) is 25.7. The summed E-state index contributed by atoms with van der Waals surface area (Å²) in [7, 11) is -1.61. The second-order valence-corrected chi connectivity index (χ2v) is 13.3. The molecular formula is C31H45N3O8S. The highest BCUT2D eigenvalue weighted by Gasteiger charge is 2.30. The molecule has 0 spiro atoms. The number of fused-ring (bicyclic) bond motifs is 1. The molecule has 0 radical (unpaired) electrons. The van der Waals surface area contributed by atoms with Crippen molar-refractivity contribution in [2.45, 2.75) is 64.8 Å². The molecule has 0 saturated heterocycles. The van der Waals surface area contributed by atoms with Crippen LogP contribution in [0.15, 0.2) is 42.5 Å². The maximum atomic E-state index is 14.1. The summed E-state index contributed by atoms with van der Waals surface area (Å²) < 4.78 is 38.8. The highest BCUT2D eigenvalue weighted by molar-refractivity contribution is 7.92. The van der Waals surface area contributed by atoms with Crippen LogP contribution in [0.25, 0.3) is 0 Å². The van der Waals surface area contributed by atoms with E-state index >= 15 is 0 Å². The van der Waals surface area contributed by atoms with Crippen molar-refractivity contribution < 1.29 is 37.7 Å². The van der Waals surface area contributed by atoms with Gasteiger partial charge in [-0.1, -0.05) is 19.1 Å². The van der Waals surface area contributed by atoms with Crippen LogP contribution in [0.5, 0.6) is 5.75 Å². The van der Waals surface area contributed by atoms with Crippen LogP contribution >= 0.6 is 0 Å². The molecule has 11 nitrogen and oxygen atoms in total. The number of nitrogens with zero attached hydrogens (tertiary/aromatic N) is 2. The Morgan fingerprint density at radius 1 is 1.16 bits per heavy atom. The Bertz CT molecular complexity index is 1340. The van der Waals surface area contributed by atoms with E-state index in [0.29, 0.717) is 25.4 Å². The summed E-state index contributed by atoms with van der Waals surface area (Å²) in [5.74, 6) is -1.11. The van der Waals surface area contributed by atoms with Crippen molar-refractivity contribution in [3.8, 4) is 5.75 Å². The first-order valence-electron chi connectivity index (χ1n) is 14.6. The number of carboxylic acid groups (broad SMARTS) is 1. The maximum absolute atomic E-state index is 14.1. The van der Waals surface area contributed by atoms with E-state index < -0.39 is 22.0 Å². The number of carbonyl (C=O) groups is 2. The Kier molecular flexibility index (Phi) is 12.4. The summed E-state index contributed by atoms with van der Waals surface area (Å²) in [6.45, 7) is 7.42. The fourth-order valence-corrected chi connectivity index (χ4v) is 5.65. The molecule has 1 aliphatic heterocycles. The summed E-state index contributed by atoms with van der Waals surface area (Å²) in [6.07, 6.45) is 3.04. The number of hydrogen-bond donors (Lipinski definition) is 3. The number of sulfonamides is 1. The normalized spacial score (nSPS) is 21.4. The predicted molar refractivity (Wildman–Crippen MR) is 165 cm³/mol. The molecule has 0 fully saturated rings. The summed E-state index contributed by atoms with van der Waals surface area (Å²) in [5.41, 5.74) is 1.66. The standard InChI is InChI=1S/C31H45N3O8S/c1-21-17-34(22(2)20-35)30(36)27-16-26(32-43(5,39)40)13-14-28(27)42-23(3)8-6-7-15-41-29(21)19-33(4)18-24-9-11-25(12-10-24)31(37)38/h9-14,16,21-23,29,32,35H,6-8,15,17-20H2,1-5H3,(H,37,38)/t21-,22-,23+,29+/m0/s1. The zero-order chi connectivity index (χ0) is 31.7. The van der Waals surface area contributed by atoms with E-state index in [1.807, 2.05) is 20.9 Å². The Hall–Kier alpha value is -3.19. The van der Waals surface area contributed by atoms with E-state index in [-0.39, 0.29) is 54.0 Å². The smallest absolute Gasteiger partial charge is 0.335 e. The monoisotopic (exact) mass is 619 g/mol. The molecule has 1 heterocycles. The number of aromatic carboxylic acids is 1. The second-order valence-electron chi connectivity index (χ2n) is 11.6. The molecule has 0 aromatic heterocycles. The van der Waals surface area contributed by atoms with Crippen LogP contribution in [-0.2, 0) is 21.3 Å². The van der Waals surface area contributed by atoms with Crippen molar-refractivity contribution >= 4 is 27.6 Å². The molecule has 0 bridgehead atoms. The van der Waals surface area contributed by atoms with Gasteiger partial charge in [0.25, 0.3) is 5.91 Å². The molecule has 4 atom stereocenters. The van der Waals surface area contributed by atoms with Gasteiger partial charge in [0.1, 0.15) is 5.75 Å². The number of aliphatic hydroxyl groups excluding tert-OH is 1. The van der Waals surface area contributed by atoms with E-state index in [4.69, 9.17) is 9.47 Å². The van der Waals surface area contributed by atoms with Gasteiger partial charge in [0.05, 0.1) is 42.2 Å².